The van der Waals surface area contributed by atoms with Crippen LogP contribution in [0.4, 0.5) is 0 Å². The van der Waals surface area contributed by atoms with Crippen LogP contribution in [-0.4, -0.2) is 75.6 Å². The molecule has 0 aromatic heterocycles. The molecule has 15 atom stereocenters. The van der Waals surface area contributed by atoms with Gasteiger partial charge in [0, 0.05) is 12.5 Å². The number of allylic oxidation sites excluding steroid dienone is 2. The van der Waals surface area contributed by atoms with Gasteiger partial charge in [0.2, 0.25) is 0 Å². The molecule has 6 fully saturated rings. The second kappa shape index (κ2) is 9.99. The van der Waals surface area contributed by atoms with Crippen molar-refractivity contribution in [3.63, 3.8) is 0 Å². The first kappa shape index (κ1) is 32.0. The molecule has 1 aliphatic heterocycles. The maximum atomic E-state index is 12.3. The Bertz CT molecular complexity index is 1180. The van der Waals surface area contributed by atoms with Gasteiger partial charge < -0.3 is 35.0 Å². The van der Waals surface area contributed by atoms with Crippen molar-refractivity contribution in [3.8, 4) is 0 Å². The van der Waals surface area contributed by atoms with Crippen molar-refractivity contribution >= 4 is 0 Å². The lowest BCUT2D eigenvalue weighted by Crippen LogP contribution is -2.70. The highest BCUT2D eigenvalue weighted by Gasteiger charge is 2.74. The van der Waals surface area contributed by atoms with Gasteiger partial charge in [-0.1, -0.05) is 53.2 Å². The van der Waals surface area contributed by atoms with E-state index in [4.69, 9.17) is 9.47 Å². The summed E-state index contributed by atoms with van der Waals surface area (Å²) >= 11 is 0. The number of aliphatic hydroxyl groups excluding tert-OH is 4. The van der Waals surface area contributed by atoms with Crippen LogP contribution in [0.15, 0.2) is 11.6 Å². The van der Waals surface area contributed by atoms with E-state index in [2.05, 4.69) is 47.6 Å². The monoisotopic (exact) mass is 616 g/mol. The summed E-state index contributed by atoms with van der Waals surface area (Å²) in [6.45, 7) is 14.3. The molecule has 7 heteroatoms. The quantitative estimate of drug-likeness (QED) is 0.287. The van der Waals surface area contributed by atoms with E-state index < -0.39 is 54.1 Å². The molecule has 1 heterocycles. The summed E-state index contributed by atoms with van der Waals surface area (Å²) in [6, 6.07) is 0. The lowest BCUT2D eigenvalue weighted by atomic mass is 9.36. The van der Waals surface area contributed by atoms with Crippen molar-refractivity contribution in [2.75, 3.05) is 13.7 Å². The molecule has 1 saturated heterocycles. The summed E-state index contributed by atoms with van der Waals surface area (Å²) in [5, 5.41) is 55.0. The molecule has 0 bridgehead atoms. The van der Waals surface area contributed by atoms with Gasteiger partial charge in [-0.15, -0.1) is 0 Å². The maximum Gasteiger partial charge on any atom is 0.181 e. The number of hydrogen-bond acceptors (Lipinski definition) is 7. The van der Waals surface area contributed by atoms with E-state index in [9.17, 15) is 25.5 Å². The number of aliphatic hydroxyl groups is 5. The molecule has 250 valence electrons. The zero-order valence-corrected chi connectivity index (χ0v) is 28.3. The fraction of sp³-hybridized carbons (Fsp3) is 0.946. The van der Waals surface area contributed by atoms with Crippen LogP contribution in [0, 0.1) is 62.6 Å². The van der Waals surface area contributed by atoms with Gasteiger partial charge in [-0.3, -0.25) is 0 Å². The largest absolute Gasteiger partial charge is 0.396 e. The molecule has 7 aliphatic rings. The Kier molecular flexibility index (Phi) is 7.27. The average Bonchev–Trinajstić information content (AvgIpc) is 3.08. The number of hydrogen-bond donors (Lipinski definition) is 5. The van der Waals surface area contributed by atoms with Crippen LogP contribution in [-0.2, 0) is 9.47 Å². The highest BCUT2D eigenvalue weighted by Crippen LogP contribution is 2.73. The lowest BCUT2D eigenvalue weighted by Gasteiger charge is -2.69. The Morgan fingerprint density at radius 1 is 0.886 bits per heavy atom. The Morgan fingerprint density at radius 2 is 1.59 bits per heavy atom. The average molecular weight is 617 g/mol. The minimum Gasteiger partial charge on any atom is -0.396 e. The van der Waals surface area contributed by atoms with E-state index in [0.29, 0.717) is 23.9 Å². The fourth-order valence-corrected chi connectivity index (χ4v) is 13.7. The minimum absolute atomic E-state index is 0.157. The van der Waals surface area contributed by atoms with Crippen molar-refractivity contribution in [3.05, 3.63) is 11.6 Å². The highest BCUT2D eigenvalue weighted by molar-refractivity contribution is 5.31. The molecule has 44 heavy (non-hydrogen) atoms. The van der Waals surface area contributed by atoms with Crippen molar-refractivity contribution in [1.82, 2.24) is 0 Å². The molecule has 5 saturated carbocycles. The molecular formula is C37H60O7. The van der Waals surface area contributed by atoms with E-state index in [1.807, 2.05) is 7.11 Å². The Labute approximate surface area is 264 Å². The lowest BCUT2D eigenvalue weighted by molar-refractivity contribution is -0.404. The summed E-state index contributed by atoms with van der Waals surface area (Å²) in [5.41, 5.74) is 1.98. The first-order chi connectivity index (χ1) is 20.5. The van der Waals surface area contributed by atoms with Gasteiger partial charge in [0.15, 0.2) is 5.79 Å². The van der Waals surface area contributed by atoms with Gasteiger partial charge in [-0.05, 0) is 110 Å². The number of methoxy groups -OCH3 is 1. The number of ether oxygens (including phenoxy) is 2. The van der Waals surface area contributed by atoms with Crippen molar-refractivity contribution in [2.24, 2.45) is 62.6 Å². The third-order valence-corrected chi connectivity index (χ3v) is 16.0. The maximum absolute atomic E-state index is 12.3. The summed E-state index contributed by atoms with van der Waals surface area (Å²) < 4.78 is 12.1. The van der Waals surface area contributed by atoms with Crippen LogP contribution in [0.3, 0.4) is 0 Å². The third-order valence-electron chi connectivity index (χ3n) is 16.0. The van der Waals surface area contributed by atoms with Gasteiger partial charge in [0.1, 0.15) is 0 Å². The summed E-state index contributed by atoms with van der Waals surface area (Å²) in [5.74, 6) is -1.59. The van der Waals surface area contributed by atoms with Crippen LogP contribution in [0.1, 0.15) is 106 Å². The first-order valence-corrected chi connectivity index (χ1v) is 17.8. The van der Waals surface area contributed by atoms with E-state index in [-0.39, 0.29) is 27.6 Å². The van der Waals surface area contributed by atoms with Crippen LogP contribution in [0.5, 0.6) is 0 Å². The normalized spacial score (nSPS) is 56.1. The van der Waals surface area contributed by atoms with Crippen molar-refractivity contribution in [1.29, 1.82) is 0 Å². The molecule has 0 aromatic rings. The second-order valence-electron chi connectivity index (χ2n) is 18.5. The molecule has 0 radical (unpaired) electrons. The molecule has 0 amide bonds. The van der Waals surface area contributed by atoms with Crippen LogP contribution >= 0.6 is 0 Å². The van der Waals surface area contributed by atoms with Crippen molar-refractivity contribution in [2.45, 2.75) is 142 Å². The predicted octanol–water partition coefficient (Wildman–Crippen LogP) is 4.82. The topological polar surface area (TPSA) is 120 Å². The Morgan fingerprint density at radius 3 is 2.27 bits per heavy atom. The third kappa shape index (κ3) is 3.93. The van der Waals surface area contributed by atoms with E-state index in [1.54, 1.807) is 5.57 Å². The molecule has 7 nitrogen and oxygen atoms in total. The summed E-state index contributed by atoms with van der Waals surface area (Å²) in [7, 11) is 1.89. The van der Waals surface area contributed by atoms with Crippen LogP contribution in [0.2, 0.25) is 0 Å². The van der Waals surface area contributed by atoms with E-state index in [1.165, 1.54) is 19.3 Å². The van der Waals surface area contributed by atoms with Crippen molar-refractivity contribution < 1.29 is 35.0 Å². The SMILES string of the molecule is CO[C@H]1CC[C@@]2(C)C(CC[C@@]3(C)C4CC[C@@]5([C@H](O)[C@H]6OC7(O)C(CO)[C@H](O)C(O)C67)CCC(C)(C)CC5C4=CCC32)C1(C)C. The molecular weight excluding hydrogens is 556 g/mol. The highest BCUT2D eigenvalue weighted by atomic mass is 16.7. The molecule has 8 unspecified atom stereocenters. The van der Waals surface area contributed by atoms with Gasteiger partial charge in [0.05, 0.1) is 49.0 Å². The van der Waals surface area contributed by atoms with Crippen LogP contribution in [0.25, 0.3) is 0 Å². The van der Waals surface area contributed by atoms with E-state index >= 15 is 0 Å². The molecule has 7 rings (SSSR count). The molecule has 0 aromatic carbocycles. The standard InChI is InChI=1S/C37H60O7/c1-32(2)16-17-36(31(41)30-27-29(40)28(39)23(19-38)37(27,42)44-30)15-10-21-20(22(36)18-32)8-9-25-34(21,5)13-11-24-33(3,4)26(43-7)12-14-35(24,25)6/h8,21-31,38-42H,9-19H2,1-7H3/t21?,22?,23?,24?,25?,26-,27?,28-,29?,30-,31+,34-,35-,36+,37?/m0/s1. The van der Waals surface area contributed by atoms with Gasteiger partial charge in [-0.2, -0.15) is 0 Å². The molecule has 6 aliphatic carbocycles. The zero-order valence-electron chi connectivity index (χ0n) is 28.3. The zero-order chi connectivity index (χ0) is 31.8. The van der Waals surface area contributed by atoms with Gasteiger partial charge in [-0.25, -0.2) is 0 Å². The molecule has 5 N–H and O–H groups in total. The first-order valence-electron chi connectivity index (χ1n) is 17.8. The number of fused-ring (bicyclic) bond motifs is 8. The van der Waals surface area contributed by atoms with E-state index in [0.717, 1.165) is 44.9 Å². The number of rotatable bonds is 4. The Hall–Kier alpha value is -0.540. The fourth-order valence-electron chi connectivity index (χ4n) is 13.7. The summed E-state index contributed by atoms with van der Waals surface area (Å²) in [6.07, 6.45) is 9.58. The summed E-state index contributed by atoms with van der Waals surface area (Å²) in [4.78, 5) is 0. The van der Waals surface area contributed by atoms with Crippen LogP contribution < -0.4 is 0 Å². The second-order valence-corrected chi connectivity index (χ2v) is 18.5. The Balaban J connectivity index is 1.22. The smallest absolute Gasteiger partial charge is 0.181 e. The molecule has 0 spiro atoms. The van der Waals surface area contributed by atoms with Gasteiger partial charge >= 0.3 is 0 Å². The predicted molar refractivity (Wildman–Crippen MR) is 167 cm³/mol. The minimum atomic E-state index is -1.80. The van der Waals surface area contributed by atoms with Gasteiger partial charge in [0.25, 0.3) is 0 Å².